The van der Waals surface area contributed by atoms with E-state index < -0.39 is 0 Å². The summed E-state index contributed by atoms with van der Waals surface area (Å²) in [6, 6.07) is 4.23. The Bertz CT molecular complexity index is 607. The van der Waals surface area contributed by atoms with Gasteiger partial charge < -0.3 is 9.80 Å². The second kappa shape index (κ2) is 9.12. The summed E-state index contributed by atoms with van der Waals surface area (Å²) < 4.78 is 0. The first-order valence-corrected chi connectivity index (χ1v) is 9.78. The Labute approximate surface area is 156 Å². The number of carbonyl (C=O) groups excluding carboxylic acids is 2. The summed E-state index contributed by atoms with van der Waals surface area (Å²) in [6.07, 6.45) is 9.49. The van der Waals surface area contributed by atoms with E-state index in [0.29, 0.717) is 13.0 Å². The van der Waals surface area contributed by atoms with Gasteiger partial charge in [-0.3, -0.25) is 19.5 Å². The molecule has 2 fully saturated rings. The summed E-state index contributed by atoms with van der Waals surface area (Å²) in [7, 11) is 1.98. The van der Waals surface area contributed by atoms with Gasteiger partial charge in [0.05, 0.1) is 6.54 Å². The van der Waals surface area contributed by atoms with Gasteiger partial charge in [-0.15, -0.1) is 0 Å². The number of pyridine rings is 1. The molecule has 26 heavy (non-hydrogen) atoms. The maximum Gasteiger partial charge on any atom is 0.236 e. The van der Waals surface area contributed by atoms with Crippen molar-refractivity contribution in [2.24, 2.45) is 0 Å². The minimum Gasteiger partial charge on any atom is -0.343 e. The highest BCUT2D eigenvalue weighted by Gasteiger charge is 2.29. The molecule has 0 unspecified atom stereocenters. The van der Waals surface area contributed by atoms with Gasteiger partial charge >= 0.3 is 0 Å². The average molecular weight is 358 g/mol. The zero-order valence-electron chi connectivity index (χ0n) is 15.8. The molecule has 0 bridgehead atoms. The second-order valence-electron chi connectivity index (χ2n) is 7.54. The number of rotatable bonds is 7. The molecule has 6 heteroatoms. The molecule has 3 heterocycles. The molecule has 0 N–H and O–H groups in total. The summed E-state index contributed by atoms with van der Waals surface area (Å²) in [5.41, 5.74) is 1.12. The van der Waals surface area contributed by atoms with Crippen LogP contribution in [0.3, 0.4) is 0 Å². The second-order valence-corrected chi connectivity index (χ2v) is 7.54. The Morgan fingerprint density at radius 2 is 2.19 bits per heavy atom. The Kier molecular flexibility index (Phi) is 6.61. The van der Waals surface area contributed by atoms with E-state index in [0.717, 1.165) is 57.4 Å². The van der Waals surface area contributed by atoms with Gasteiger partial charge in [0.1, 0.15) is 0 Å². The molecule has 2 aliphatic heterocycles. The highest BCUT2D eigenvalue weighted by Crippen LogP contribution is 2.21. The monoisotopic (exact) mass is 358 g/mol. The first-order valence-electron chi connectivity index (χ1n) is 9.78. The third kappa shape index (κ3) is 5.04. The third-order valence-corrected chi connectivity index (χ3v) is 5.43. The van der Waals surface area contributed by atoms with Gasteiger partial charge in [-0.2, -0.15) is 0 Å². The van der Waals surface area contributed by atoms with Crippen LogP contribution in [0.5, 0.6) is 0 Å². The number of hydrogen-bond donors (Lipinski definition) is 0. The van der Waals surface area contributed by atoms with E-state index in [9.17, 15) is 9.59 Å². The highest BCUT2D eigenvalue weighted by molar-refractivity contribution is 5.79. The number of likely N-dealkylation sites (tertiary alicyclic amines) is 2. The number of hydrogen-bond acceptors (Lipinski definition) is 4. The fourth-order valence-electron chi connectivity index (χ4n) is 4.06. The number of likely N-dealkylation sites (N-methyl/N-ethyl adjacent to an activating group) is 1. The van der Waals surface area contributed by atoms with Crippen LogP contribution in [0.2, 0.25) is 0 Å². The van der Waals surface area contributed by atoms with E-state index in [1.165, 1.54) is 6.42 Å². The minimum absolute atomic E-state index is 0.203. The molecule has 2 saturated heterocycles. The van der Waals surface area contributed by atoms with Gasteiger partial charge in [0.2, 0.25) is 11.8 Å². The smallest absolute Gasteiger partial charge is 0.236 e. The van der Waals surface area contributed by atoms with E-state index in [2.05, 4.69) is 14.8 Å². The Morgan fingerprint density at radius 1 is 1.31 bits per heavy atom. The molecule has 142 valence electrons. The summed E-state index contributed by atoms with van der Waals surface area (Å²) >= 11 is 0. The van der Waals surface area contributed by atoms with Crippen LogP contribution in [0.15, 0.2) is 24.5 Å². The molecule has 0 saturated carbocycles. The number of nitrogens with zero attached hydrogens (tertiary/aromatic N) is 4. The molecule has 3 rings (SSSR count). The van der Waals surface area contributed by atoms with Crippen molar-refractivity contribution in [1.82, 2.24) is 19.7 Å². The van der Waals surface area contributed by atoms with E-state index >= 15 is 0 Å². The van der Waals surface area contributed by atoms with Crippen molar-refractivity contribution in [3.63, 3.8) is 0 Å². The predicted molar refractivity (Wildman–Crippen MR) is 100 cm³/mol. The maximum atomic E-state index is 12.9. The molecule has 0 aromatic carbocycles. The normalized spacial score (nSPS) is 20.8. The molecule has 1 atom stereocenters. The van der Waals surface area contributed by atoms with Gasteiger partial charge in [0.15, 0.2) is 0 Å². The highest BCUT2D eigenvalue weighted by atomic mass is 16.2. The van der Waals surface area contributed by atoms with Crippen LogP contribution in [-0.4, -0.2) is 70.8 Å². The van der Waals surface area contributed by atoms with Crippen LogP contribution in [0, 0.1) is 0 Å². The van der Waals surface area contributed by atoms with E-state index in [1.54, 1.807) is 6.20 Å². The summed E-state index contributed by atoms with van der Waals surface area (Å²) in [5, 5.41) is 0. The van der Waals surface area contributed by atoms with Crippen molar-refractivity contribution in [3.8, 4) is 0 Å². The van der Waals surface area contributed by atoms with Crippen molar-refractivity contribution in [2.75, 3.05) is 33.2 Å². The van der Waals surface area contributed by atoms with E-state index in [1.807, 2.05) is 30.3 Å². The van der Waals surface area contributed by atoms with Crippen LogP contribution < -0.4 is 0 Å². The quantitative estimate of drug-likeness (QED) is 0.747. The summed E-state index contributed by atoms with van der Waals surface area (Å²) in [6.45, 7) is 3.67. The van der Waals surface area contributed by atoms with Crippen LogP contribution in [-0.2, 0) is 16.1 Å². The van der Waals surface area contributed by atoms with E-state index in [-0.39, 0.29) is 17.9 Å². The number of piperidine rings is 1. The SMILES string of the molecule is CN(CC(=O)N1CCCC[C@@H]1CCN1CCCC1=O)Cc1cccnc1. The first kappa shape index (κ1) is 18.8. The van der Waals surface area contributed by atoms with Crippen LogP contribution in [0.1, 0.15) is 44.1 Å². The number of aromatic nitrogens is 1. The van der Waals surface area contributed by atoms with Gasteiger partial charge in [-0.25, -0.2) is 0 Å². The molecular weight excluding hydrogens is 328 g/mol. The fourth-order valence-corrected chi connectivity index (χ4v) is 4.06. The molecule has 1 aromatic heterocycles. The van der Waals surface area contributed by atoms with Crippen LogP contribution >= 0.6 is 0 Å². The molecule has 0 radical (unpaired) electrons. The Morgan fingerprint density at radius 3 is 2.92 bits per heavy atom. The zero-order valence-corrected chi connectivity index (χ0v) is 15.8. The molecule has 1 aromatic rings. The molecular formula is C20H30N4O2. The lowest BCUT2D eigenvalue weighted by molar-refractivity contribution is -0.136. The van der Waals surface area contributed by atoms with Crippen molar-refractivity contribution in [2.45, 2.75) is 51.1 Å². The standard InChI is InChI=1S/C20H30N4O2/c1-22(15-17-6-4-10-21-14-17)16-20(26)24-12-3-2-7-18(24)9-13-23-11-5-8-19(23)25/h4,6,10,14,18H,2-3,5,7-9,11-13,15-16H2,1H3/t18-/m1/s1. The number of amides is 2. The minimum atomic E-state index is 0.203. The van der Waals surface area contributed by atoms with Crippen molar-refractivity contribution >= 4 is 11.8 Å². The lowest BCUT2D eigenvalue weighted by atomic mass is 9.99. The van der Waals surface area contributed by atoms with Crippen molar-refractivity contribution in [3.05, 3.63) is 30.1 Å². The molecule has 6 nitrogen and oxygen atoms in total. The molecule has 2 amide bonds. The first-order chi connectivity index (χ1) is 12.6. The van der Waals surface area contributed by atoms with Gasteiger partial charge in [-0.05, 0) is 50.8 Å². The summed E-state index contributed by atoms with van der Waals surface area (Å²) in [4.78, 5) is 34.9. The largest absolute Gasteiger partial charge is 0.343 e. The average Bonchev–Trinajstić information content (AvgIpc) is 3.06. The lowest BCUT2D eigenvalue weighted by Crippen LogP contribution is -2.48. The number of carbonyl (C=O) groups is 2. The molecule has 0 aliphatic carbocycles. The predicted octanol–water partition coefficient (Wildman–Crippen LogP) is 1.91. The zero-order chi connectivity index (χ0) is 18.4. The third-order valence-electron chi connectivity index (χ3n) is 5.43. The topological polar surface area (TPSA) is 56.8 Å². The summed E-state index contributed by atoms with van der Waals surface area (Å²) in [5.74, 6) is 0.476. The van der Waals surface area contributed by atoms with Gasteiger partial charge in [0.25, 0.3) is 0 Å². The van der Waals surface area contributed by atoms with E-state index in [4.69, 9.17) is 0 Å². The molecule has 0 spiro atoms. The van der Waals surface area contributed by atoms with Crippen LogP contribution in [0.4, 0.5) is 0 Å². The Hall–Kier alpha value is -1.95. The van der Waals surface area contributed by atoms with Crippen LogP contribution in [0.25, 0.3) is 0 Å². The van der Waals surface area contributed by atoms with Gasteiger partial charge in [-0.1, -0.05) is 6.07 Å². The lowest BCUT2D eigenvalue weighted by Gasteiger charge is -2.37. The van der Waals surface area contributed by atoms with Crippen molar-refractivity contribution in [1.29, 1.82) is 0 Å². The van der Waals surface area contributed by atoms with Gasteiger partial charge in [0, 0.05) is 51.0 Å². The maximum absolute atomic E-state index is 12.9. The molecule has 2 aliphatic rings. The fraction of sp³-hybridized carbons (Fsp3) is 0.650. The Balaban J connectivity index is 1.51. The van der Waals surface area contributed by atoms with Crippen molar-refractivity contribution < 1.29 is 9.59 Å².